The van der Waals surface area contributed by atoms with Crippen LogP contribution in [0, 0.1) is 34.0 Å². The minimum atomic E-state index is -0.334. The maximum Gasteiger partial charge on any atom is 0.0618 e. The topological polar surface area (TPSA) is 40.5 Å². The third-order valence-electron chi connectivity index (χ3n) is 8.73. The van der Waals surface area contributed by atoms with Gasteiger partial charge in [-0.15, -0.1) is 0 Å². The molecule has 2 unspecified atom stereocenters. The smallest absolute Gasteiger partial charge is 0.0618 e. The normalized spacial score (nSPS) is 57.4. The molecule has 0 saturated heterocycles. The van der Waals surface area contributed by atoms with Crippen molar-refractivity contribution in [3.05, 3.63) is 12.2 Å². The second-order valence-corrected chi connectivity index (χ2v) is 9.54. The molecule has 7 atom stereocenters. The first-order chi connectivity index (χ1) is 10.4. The van der Waals surface area contributed by atoms with E-state index >= 15 is 0 Å². The zero-order valence-corrected chi connectivity index (χ0v) is 14.3. The highest BCUT2D eigenvalue weighted by atomic mass is 16.3. The summed E-state index contributed by atoms with van der Waals surface area (Å²) in [4.78, 5) is 0. The molecule has 0 aromatic heterocycles. The predicted octanol–water partition coefficient (Wildman–Crippen LogP) is 3.92. The summed E-state index contributed by atoms with van der Waals surface area (Å²) in [6, 6.07) is 0. The highest BCUT2D eigenvalue weighted by Gasteiger charge is 2.65. The van der Waals surface area contributed by atoms with Crippen LogP contribution in [0.1, 0.15) is 65.2 Å². The number of aliphatic hydroxyl groups excluding tert-OH is 2. The number of allylic oxidation sites excluding steroid dienone is 1. The molecule has 22 heavy (non-hydrogen) atoms. The van der Waals surface area contributed by atoms with E-state index in [0.29, 0.717) is 16.7 Å². The van der Waals surface area contributed by atoms with Gasteiger partial charge in [0.1, 0.15) is 0 Å². The lowest BCUT2D eigenvalue weighted by Gasteiger charge is -2.65. The van der Waals surface area contributed by atoms with Gasteiger partial charge < -0.3 is 10.2 Å². The Hall–Kier alpha value is -0.340. The van der Waals surface area contributed by atoms with E-state index < -0.39 is 0 Å². The van der Waals surface area contributed by atoms with Crippen LogP contribution in [0.15, 0.2) is 12.2 Å². The summed E-state index contributed by atoms with van der Waals surface area (Å²) in [6.07, 6.45) is 9.43. The Morgan fingerprint density at radius 2 is 1.86 bits per heavy atom. The van der Waals surface area contributed by atoms with E-state index in [0.717, 1.165) is 24.7 Å². The van der Waals surface area contributed by atoms with Gasteiger partial charge in [-0.1, -0.05) is 26.0 Å². The van der Waals surface area contributed by atoms with Gasteiger partial charge in [-0.05, 0) is 80.0 Å². The Morgan fingerprint density at radius 3 is 2.59 bits per heavy atom. The molecule has 4 aliphatic rings. The molecule has 2 nitrogen and oxygen atoms in total. The summed E-state index contributed by atoms with van der Waals surface area (Å²) >= 11 is 0. The second-order valence-electron chi connectivity index (χ2n) is 9.54. The van der Waals surface area contributed by atoms with Crippen LogP contribution in [-0.2, 0) is 0 Å². The average Bonchev–Trinajstić information content (AvgIpc) is 2.73. The second kappa shape index (κ2) is 4.60. The molecule has 0 aliphatic heterocycles. The van der Waals surface area contributed by atoms with Crippen molar-refractivity contribution in [2.75, 3.05) is 6.61 Å². The first-order valence-electron chi connectivity index (χ1n) is 9.32. The lowest BCUT2D eigenvalue weighted by atomic mass is 9.40. The standard InChI is InChI=1S/C20H32O2/c1-13-10-20-9-6-15-18(2,16(20)5-4-14(13)11-20)8-7-17(22)19(15,3)12-21/h14-17,21-22H,1,4-12H2,2-3H3/t14-,15-,16-,17?,18+,19?,20+/m1/s1. The van der Waals surface area contributed by atoms with Crippen LogP contribution in [0.2, 0.25) is 0 Å². The van der Waals surface area contributed by atoms with E-state index in [1.807, 2.05) is 0 Å². The fourth-order valence-electron chi connectivity index (χ4n) is 7.60. The summed E-state index contributed by atoms with van der Waals surface area (Å²) in [6.45, 7) is 9.14. The van der Waals surface area contributed by atoms with Gasteiger partial charge in [-0.2, -0.15) is 0 Å². The summed E-state index contributed by atoms with van der Waals surface area (Å²) in [5.74, 6) is 2.03. The van der Waals surface area contributed by atoms with Crippen molar-refractivity contribution in [3.8, 4) is 0 Å². The molecule has 4 fully saturated rings. The molecule has 0 heterocycles. The van der Waals surface area contributed by atoms with Crippen molar-refractivity contribution in [2.24, 2.45) is 34.0 Å². The van der Waals surface area contributed by atoms with E-state index in [4.69, 9.17) is 0 Å². The van der Waals surface area contributed by atoms with Crippen molar-refractivity contribution >= 4 is 0 Å². The molecule has 0 amide bonds. The van der Waals surface area contributed by atoms with Gasteiger partial charge >= 0.3 is 0 Å². The van der Waals surface area contributed by atoms with Crippen LogP contribution >= 0.6 is 0 Å². The van der Waals surface area contributed by atoms with Crippen molar-refractivity contribution in [1.82, 2.24) is 0 Å². The zero-order chi connectivity index (χ0) is 15.8. The van der Waals surface area contributed by atoms with Crippen molar-refractivity contribution in [2.45, 2.75) is 71.3 Å². The van der Waals surface area contributed by atoms with Crippen LogP contribution in [0.25, 0.3) is 0 Å². The number of aliphatic hydroxyl groups is 2. The lowest BCUT2D eigenvalue weighted by Crippen LogP contribution is -2.61. The summed E-state index contributed by atoms with van der Waals surface area (Å²) in [5.41, 5.74) is 2.01. The minimum absolute atomic E-state index is 0.128. The Kier molecular flexibility index (Phi) is 3.18. The lowest BCUT2D eigenvalue weighted by molar-refractivity contribution is -0.197. The molecule has 4 rings (SSSR count). The number of hydrogen-bond donors (Lipinski definition) is 2. The number of hydrogen-bond acceptors (Lipinski definition) is 2. The average molecular weight is 304 g/mol. The molecule has 0 aromatic carbocycles. The Bertz CT molecular complexity index is 500. The highest BCUT2D eigenvalue weighted by Crippen LogP contribution is 2.72. The SMILES string of the molecule is C=C1C[C@]23CC[C@H]4C(C)(CO)C(O)CC[C@]4(C)[C@H]2CC[C@@H]1C3. The van der Waals surface area contributed by atoms with Gasteiger partial charge in [0.25, 0.3) is 0 Å². The van der Waals surface area contributed by atoms with Crippen LogP contribution < -0.4 is 0 Å². The van der Waals surface area contributed by atoms with Crippen molar-refractivity contribution in [1.29, 1.82) is 0 Å². The fraction of sp³-hybridized carbons (Fsp3) is 0.900. The third-order valence-corrected chi connectivity index (χ3v) is 8.73. The molecular weight excluding hydrogens is 272 g/mol. The van der Waals surface area contributed by atoms with Gasteiger partial charge in [-0.3, -0.25) is 0 Å². The van der Waals surface area contributed by atoms with E-state index in [2.05, 4.69) is 20.4 Å². The van der Waals surface area contributed by atoms with Crippen LogP contribution in [0.4, 0.5) is 0 Å². The predicted molar refractivity (Wildman–Crippen MR) is 88.3 cm³/mol. The van der Waals surface area contributed by atoms with Gasteiger partial charge in [0, 0.05) is 5.41 Å². The quantitative estimate of drug-likeness (QED) is 0.721. The molecule has 2 N–H and O–H groups in total. The van der Waals surface area contributed by atoms with E-state index in [9.17, 15) is 10.2 Å². The number of fused-ring (bicyclic) bond motifs is 3. The van der Waals surface area contributed by atoms with E-state index in [1.165, 1.54) is 44.1 Å². The molecular formula is C20H32O2. The molecule has 4 saturated carbocycles. The molecule has 1 spiro atoms. The fourth-order valence-corrected chi connectivity index (χ4v) is 7.60. The van der Waals surface area contributed by atoms with E-state index in [1.54, 1.807) is 0 Å². The Labute approximate surface area is 135 Å². The molecule has 4 aliphatic carbocycles. The molecule has 0 radical (unpaired) electrons. The Morgan fingerprint density at radius 1 is 1.09 bits per heavy atom. The Balaban J connectivity index is 1.74. The zero-order valence-electron chi connectivity index (χ0n) is 14.3. The van der Waals surface area contributed by atoms with Gasteiger partial charge in [0.15, 0.2) is 0 Å². The maximum atomic E-state index is 10.6. The highest BCUT2D eigenvalue weighted by molar-refractivity contribution is 5.22. The van der Waals surface area contributed by atoms with Crippen LogP contribution in [0.3, 0.4) is 0 Å². The minimum Gasteiger partial charge on any atom is -0.396 e. The first-order valence-corrected chi connectivity index (χ1v) is 9.32. The van der Waals surface area contributed by atoms with Crippen LogP contribution in [-0.4, -0.2) is 22.9 Å². The van der Waals surface area contributed by atoms with E-state index in [-0.39, 0.29) is 18.1 Å². The van der Waals surface area contributed by atoms with Crippen molar-refractivity contribution in [3.63, 3.8) is 0 Å². The largest absolute Gasteiger partial charge is 0.396 e. The summed E-state index contributed by atoms with van der Waals surface area (Å²) in [5, 5.41) is 20.6. The number of rotatable bonds is 1. The third kappa shape index (κ3) is 1.69. The summed E-state index contributed by atoms with van der Waals surface area (Å²) < 4.78 is 0. The van der Waals surface area contributed by atoms with Crippen molar-refractivity contribution < 1.29 is 10.2 Å². The first kappa shape index (κ1) is 15.2. The summed E-state index contributed by atoms with van der Waals surface area (Å²) in [7, 11) is 0. The molecule has 0 aromatic rings. The van der Waals surface area contributed by atoms with Gasteiger partial charge in [0.2, 0.25) is 0 Å². The molecule has 124 valence electrons. The van der Waals surface area contributed by atoms with Crippen LogP contribution in [0.5, 0.6) is 0 Å². The van der Waals surface area contributed by atoms with Gasteiger partial charge in [-0.25, -0.2) is 0 Å². The molecule has 2 bridgehead atoms. The van der Waals surface area contributed by atoms with Gasteiger partial charge in [0.05, 0.1) is 12.7 Å². The molecule has 2 heteroatoms. The maximum absolute atomic E-state index is 10.6. The monoisotopic (exact) mass is 304 g/mol.